The molecule has 1 atom stereocenters. The van der Waals surface area contributed by atoms with Gasteiger partial charge in [0.15, 0.2) is 16.3 Å². The molecular formula is C27H29N3O5S. The van der Waals surface area contributed by atoms with E-state index in [1.54, 1.807) is 44.8 Å². The highest BCUT2D eigenvalue weighted by molar-refractivity contribution is 7.07. The van der Waals surface area contributed by atoms with Gasteiger partial charge in [-0.15, -0.1) is 0 Å². The summed E-state index contributed by atoms with van der Waals surface area (Å²) in [7, 11) is 7.06. The van der Waals surface area contributed by atoms with E-state index >= 15 is 0 Å². The third-order valence-electron chi connectivity index (χ3n) is 5.95. The van der Waals surface area contributed by atoms with Gasteiger partial charge in [0, 0.05) is 19.8 Å². The molecule has 0 bridgehead atoms. The number of ether oxygens (including phenoxy) is 3. The molecule has 0 saturated heterocycles. The highest BCUT2D eigenvalue weighted by atomic mass is 32.1. The quantitative estimate of drug-likeness (QED) is 0.458. The zero-order valence-electron chi connectivity index (χ0n) is 21.2. The summed E-state index contributed by atoms with van der Waals surface area (Å²) in [6.07, 6.45) is 1.79. The average molecular weight is 508 g/mol. The number of carbonyl (C=O) groups excluding carboxylic acids is 1. The molecule has 188 valence electrons. The molecule has 9 heteroatoms. The van der Waals surface area contributed by atoms with Crippen LogP contribution < -0.4 is 29.3 Å². The van der Waals surface area contributed by atoms with Crippen LogP contribution in [0.4, 0.5) is 5.69 Å². The number of benzene rings is 2. The van der Waals surface area contributed by atoms with Crippen LogP contribution >= 0.6 is 11.3 Å². The molecule has 0 saturated carbocycles. The Morgan fingerprint density at radius 1 is 1.11 bits per heavy atom. The van der Waals surface area contributed by atoms with Crippen molar-refractivity contribution in [2.75, 3.05) is 39.8 Å². The Hall–Kier alpha value is -3.85. The molecule has 1 aliphatic rings. The Balaban J connectivity index is 1.91. The number of esters is 1. The van der Waals surface area contributed by atoms with Gasteiger partial charge in [0.2, 0.25) is 0 Å². The van der Waals surface area contributed by atoms with E-state index in [1.807, 2.05) is 55.4 Å². The fourth-order valence-electron chi connectivity index (χ4n) is 4.16. The molecule has 0 fully saturated rings. The van der Waals surface area contributed by atoms with Crippen LogP contribution in [-0.2, 0) is 9.53 Å². The number of hydrogen-bond acceptors (Lipinski definition) is 8. The molecule has 0 N–H and O–H groups in total. The monoisotopic (exact) mass is 507 g/mol. The van der Waals surface area contributed by atoms with Crippen molar-refractivity contribution in [3.63, 3.8) is 0 Å². The van der Waals surface area contributed by atoms with E-state index in [0.717, 1.165) is 16.8 Å². The molecule has 8 nitrogen and oxygen atoms in total. The number of methoxy groups -OCH3 is 2. The molecule has 36 heavy (non-hydrogen) atoms. The number of aromatic nitrogens is 1. The maximum Gasteiger partial charge on any atom is 0.338 e. The lowest BCUT2D eigenvalue weighted by molar-refractivity contribution is -0.139. The predicted molar refractivity (Wildman–Crippen MR) is 141 cm³/mol. The average Bonchev–Trinajstić information content (AvgIpc) is 3.17. The third kappa shape index (κ3) is 4.66. The van der Waals surface area contributed by atoms with E-state index in [2.05, 4.69) is 4.99 Å². The smallest absolute Gasteiger partial charge is 0.338 e. The fourth-order valence-corrected chi connectivity index (χ4v) is 5.20. The van der Waals surface area contributed by atoms with Gasteiger partial charge in [0.25, 0.3) is 5.56 Å². The van der Waals surface area contributed by atoms with Crippen LogP contribution in [0, 0.1) is 0 Å². The van der Waals surface area contributed by atoms with E-state index in [9.17, 15) is 9.59 Å². The molecule has 0 amide bonds. The van der Waals surface area contributed by atoms with Gasteiger partial charge >= 0.3 is 5.97 Å². The summed E-state index contributed by atoms with van der Waals surface area (Å²) in [5, 5.41) is 0. The van der Waals surface area contributed by atoms with Crippen molar-refractivity contribution in [3.8, 4) is 11.5 Å². The standard InChI is InChI=1S/C27H29N3O5S/c1-7-35-26(32)23-16(2)28-27-30(24(23)18-9-11-19(12-10-18)29(3)4)25(31)22(36-27)15-17-8-13-20(33-5)21(14-17)34-6/h8-15,24H,7H2,1-6H3/b22-15+. The van der Waals surface area contributed by atoms with E-state index in [0.29, 0.717) is 32.1 Å². The van der Waals surface area contributed by atoms with E-state index in [1.165, 1.54) is 11.3 Å². The molecule has 1 unspecified atom stereocenters. The number of allylic oxidation sites excluding steroid dienone is 1. The molecule has 2 aromatic carbocycles. The zero-order chi connectivity index (χ0) is 26.0. The number of nitrogens with zero attached hydrogens (tertiary/aromatic N) is 3. The molecule has 0 spiro atoms. The lowest BCUT2D eigenvalue weighted by atomic mass is 9.95. The fraction of sp³-hybridized carbons (Fsp3) is 0.296. The van der Waals surface area contributed by atoms with E-state index in [4.69, 9.17) is 14.2 Å². The molecule has 3 aromatic rings. The Bertz CT molecular complexity index is 1500. The van der Waals surface area contributed by atoms with Crippen molar-refractivity contribution in [1.29, 1.82) is 0 Å². The topological polar surface area (TPSA) is 82.4 Å². The second-order valence-electron chi connectivity index (χ2n) is 8.40. The van der Waals surface area contributed by atoms with Crippen LogP contribution in [0.1, 0.15) is 31.0 Å². The Morgan fingerprint density at radius 2 is 1.81 bits per heavy atom. The summed E-state index contributed by atoms with van der Waals surface area (Å²) in [6, 6.07) is 12.6. The van der Waals surface area contributed by atoms with Gasteiger partial charge in [-0.25, -0.2) is 9.79 Å². The summed E-state index contributed by atoms with van der Waals surface area (Å²) in [5.41, 5.74) is 3.26. The van der Waals surface area contributed by atoms with Crippen LogP contribution in [0.3, 0.4) is 0 Å². The first-order chi connectivity index (χ1) is 17.3. The second kappa shape index (κ2) is 10.4. The van der Waals surface area contributed by atoms with Crippen molar-refractivity contribution < 1.29 is 19.0 Å². The SMILES string of the molecule is CCOC(=O)C1=C(C)N=c2s/c(=C/c3ccc(OC)c(OC)c3)c(=O)n2C1c1ccc(N(C)C)cc1. The van der Waals surface area contributed by atoms with Crippen LogP contribution in [0.25, 0.3) is 6.08 Å². The van der Waals surface area contributed by atoms with Crippen molar-refractivity contribution in [2.45, 2.75) is 19.9 Å². The second-order valence-corrected chi connectivity index (χ2v) is 9.41. The highest BCUT2D eigenvalue weighted by Gasteiger charge is 2.33. The summed E-state index contributed by atoms with van der Waals surface area (Å²) in [5.74, 6) is 0.694. The Kier molecular flexibility index (Phi) is 7.30. The summed E-state index contributed by atoms with van der Waals surface area (Å²) in [4.78, 5) is 33.9. The zero-order valence-corrected chi connectivity index (χ0v) is 22.0. The summed E-state index contributed by atoms with van der Waals surface area (Å²) < 4.78 is 18.2. The summed E-state index contributed by atoms with van der Waals surface area (Å²) >= 11 is 1.28. The minimum Gasteiger partial charge on any atom is -0.493 e. The first-order valence-corrected chi connectivity index (χ1v) is 12.3. The van der Waals surface area contributed by atoms with E-state index < -0.39 is 12.0 Å². The summed E-state index contributed by atoms with van der Waals surface area (Å²) in [6.45, 7) is 3.76. The van der Waals surface area contributed by atoms with Crippen LogP contribution in [-0.4, -0.2) is 45.5 Å². The van der Waals surface area contributed by atoms with E-state index in [-0.39, 0.29) is 12.2 Å². The minimum atomic E-state index is -0.649. The maximum atomic E-state index is 13.7. The molecule has 4 rings (SSSR count). The highest BCUT2D eigenvalue weighted by Crippen LogP contribution is 2.32. The number of fused-ring (bicyclic) bond motifs is 1. The van der Waals surface area contributed by atoms with Crippen molar-refractivity contribution in [3.05, 3.63) is 84.5 Å². The van der Waals surface area contributed by atoms with Gasteiger partial charge < -0.3 is 19.1 Å². The van der Waals surface area contributed by atoms with Crippen LogP contribution in [0.5, 0.6) is 11.5 Å². The maximum absolute atomic E-state index is 13.7. The van der Waals surface area contributed by atoms with Crippen molar-refractivity contribution in [1.82, 2.24) is 4.57 Å². The van der Waals surface area contributed by atoms with Gasteiger partial charge in [0.1, 0.15) is 0 Å². The van der Waals surface area contributed by atoms with Gasteiger partial charge in [0.05, 0.1) is 42.7 Å². The molecule has 0 aliphatic carbocycles. The number of hydrogen-bond donors (Lipinski definition) is 0. The molecule has 1 aliphatic heterocycles. The first-order valence-electron chi connectivity index (χ1n) is 11.5. The van der Waals surface area contributed by atoms with Gasteiger partial charge in [-0.3, -0.25) is 9.36 Å². The number of carbonyl (C=O) groups is 1. The lowest BCUT2D eigenvalue weighted by Crippen LogP contribution is -2.39. The predicted octanol–water partition coefficient (Wildman–Crippen LogP) is 2.88. The molecule has 0 radical (unpaired) electrons. The largest absolute Gasteiger partial charge is 0.493 e. The van der Waals surface area contributed by atoms with Crippen molar-refractivity contribution in [2.24, 2.45) is 4.99 Å². The number of thiazole rings is 1. The number of rotatable bonds is 7. The van der Waals surface area contributed by atoms with Gasteiger partial charge in [-0.1, -0.05) is 29.5 Å². The molecular weight excluding hydrogens is 478 g/mol. The van der Waals surface area contributed by atoms with Crippen LogP contribution in [0.2, 0.25) is 0 Å². The first kappa shape index (κ1) is 25.2. The Morgan fingerprint density at radius 3 is 2.42 bits per heavy atom. The Labute approximate surface area is 213 Å². The normalized spacial score (nSPS) is 15.3. The lowest BCUT2D eigenvalue weighted by Gasteiger charge is -2.25. The van der Waals surface area contributed by atoms with Gasteiger partial charge in [-0.05, 0) is 55.3 Å². The molecule has 1 aromatic heterocycles. The van der Waals surface area contributed by atoms with Gasteiger partial charge in [-0.2, -0.15) is 0 Å². The number of anilines is 1. The van der Waals surface area contributed by atoms with Crippen LogP contribution in [0.15, 0.2) is 63.5 Å². The third-order valence-corrected chi connectivity index (χ3v) is 6.93. The van der Waals surface area contributed by atoms with Crippen molar-refractivity contribution >= 4 is 29.1 Å². The molecule has 2 heterocycles. The minimum absolute atomic E-state index is 0.228.